The van der Waals surface area contributed by atoms with Crippen molar-refractivity contribution in [3.05, 3.63) is 0 Å². The molecule has 6 heteroatoms. The molecule has 0 aromatic carbocycles. The maximum absolute atomic E-state index is 5.45. The Balaban J connectivity index is 4.08. The Hall–Kier alpha value is -0.535. The van der Waals surface area contributed by atoms with Gasteiger partial charge >= 0.3 is 0 Å². The molecule has 0 unspecified atom stereocenters. The third kappa shape index (κ3) is 2.37. The molecule has 0 fully saturated rings. The Labute approximate surface area is 65.6 Å². The predicted molar refractivity (Wildman–Crippen MR) is 46.1 cm³/mol. The fourth-order valence-electron chi connectivity index (χ4n) is 0.571. The molecule has 0 atom stereocenters. The molecule has 0 bridgehead atoms. The Morgan fingerprint density at radius 2 is 2.00 bits per heavy atom. The van der Waals surface area contributed by atoms with E-state index in [1.807, 2.05) is 0 Å². The molecular weight excluding hydrogens is 123 g/mol. The second kappa shape index (κ2) is 4.31. The van der Waals surface area contributed by atoms with E-state index in [1.165, 1.54) is 9.53 Å². The molecule has 0 N–H and O–H groups in total. The summed E-state index contributed by atoms with van der Waals surface area (Å²) in [6.07, 6.45) is 0. The summed E-state index contributed by atoms with van der Waals surface area (Å²) in [7, 11) is 15.8. The van der Waals surface area contributed by atoms with Crippen molar-refractivity contribution in [2.45, 2.75) is 6.82 Å². The Morgan fingerprint density at radius 3 is 2.10 bits per heavy atom. The van der Waals surface area contributed by atoms with Gasteiger partial charge in [-0.15, -0.1) is 0 Å². The van der Waals surface area contributed by atoms with Crippen LogP contribution in [0.25, 0.3) is 0 Å². The average molecular weight is 132 g/mol. The average Bonchev–Trinajstić information content (AvgIpc) is 1.88. The number of guanidine groups is 1. The second-order valence-corrected chi connectivity index (χ2v) is 1.80. The van der Waals surface area contributed by atoms with Crippen molar-refractivity contribution in [1.29, 1.82) is 0 Å². The molecule has 0 aromatic rings. The van der Waals surface area contributed by atoms with Crippen LogP contribution < -0.4 is 0 Å². The van der Waals surface area contributed by atoms with Crippen LogP contribution in [-0.4, -0.2) is 53.0 Å². The Bertz CT molecular complexity index is 125. The topological polar surface area (TPSA) is 18.8 Å². The first-order chi connectivity index (χ1) is 4.63. The van der Waals surface area contributed by atoms with Gasteiger partial charge in [0.25, 0.3) is 0 Å². The van der Waals surface area contributed by atoms with Gasteiger partial charge in [0.15, 0.2) is 5.96 Å². The highest BCUT2D eigenvalue weighted by Crippen LogP contribution is 1.86. The number of nitrogens with zero attached hydrogens (tertiary/aromatic N) is 3. The molecule has 0 aliphatic rings. The van der Waals surface area contributed by atoms with E-state index in [0.717, 1.165) is 0 Å². The Kier molecular flexibility index (Phi) is 4.08. The van der Waals surface area contributed by atoms with Gasteiger partial charge in [-0.05, 0) is 7.05 Å². The summed E-state index contributed by atoms with van der Waals surface area (Å²) >= 11 is 0. The molecule has 0 aliphatic heterocycles. The van der Waals surface area contributed by atoms with Gasteiger partial charge in [0.05, 0.1) is 0 Å². The SMILES string of the molecule is [B]N(C)C(=NC)N([B])[B]C. The molecule has 0 saturated heterocycles. The van der Waals surface area contributed by atoms with E-state index in [1.54, 1.807) is 28.3 Å². The first kappa shape index (κ1) is 9.46. The first-order valence-electron chi connectivity index (χ1n) is 2.92. The molecule has 0 aromatic heterocycles. The lowest BCUT2D eigenvalue weighted by molar-refractivity contribution is 0.731. The van der Waals surface area contributed by atoms with Crippen LogP contribution in [0.5, 0.6) is 0 Å². The summed E-state index contributed by atoms with van der Waals surface area (Å²) in [5.41, 5.74) is 0. The molecule has 10 heavy (non-hydrogen) atoms. The van der Waals surface area contributed by atoms with E-state index in [2.05, 4.69) is 4.99 Å². The third-order valence-electron chi connectivity index (χ3n) is 1.02. The third-order valence-corrected chi connectivity index (χ3v) is 1.02. The summed E-state index contributed by atoms with van der Waals surface area (Å²) in [4.78, 5) is 5.19. The van der Waals surface area contributed by atoms with E-state index >= 15 is 0 Å². The number of aliphatic imine (C=N–C) groups is 1. The summed E-state index contributed by atoms with van der Waals surface area (Å²) in [5, 5.41) is 0. The van der Waals surface area contributed by atoms with Crippen LogP contribution in [-0.2, 0) is 0 Å². The van der Waals surface area contributed by atoms with Gasteiger partial charge in [0.2, 0.25) is 23.4 Å². The lowest BCUT2D eigenvalue weighted by Crippen LogP contribution is -2.40. The fourth-order valence-corrected chi connectivity index (χ4v) is 0.571. The quantitative estimate of drug-likeness (QED) is 0.259. The standard InChI is InChI=1S/C4H9B3N3/c1-7-10(6)4(8-2)9(3)5/h1-3H3. The molecule has 0 heterocycles. The van der Waals surface area contributed by atoms with Crippen molar-refractivity contribution in [3.63, 3.8) is 0 Å². The van der Waals surface area contributed by atoms with Gasteiger partial charge in [-0.1, -0.05) is 6.82 Å². The van der Waals surface area contributed by atoms with Gasteiger partial charge < -0.3 is 9.53 Å². The van der Waals surface area contributed by atoms with Crippen molar-refractivity contribution in [1.82, 2.24) is 9.53 Å². The summed E-state index contributed by atoms with van der Waals surface area (Å²) in [6.45, 7) is 1.80. The number of hydrogen-bond donors (Lipinski definition) is 0. The summed E-state index contributed by atoms with van der Waals surface area (Å²) in [6, 6.07) is 0. The lowest BCUT2D eigenvalue weighted by atomic mass is 9.91. The second-order valence-electron chi connectivity index (χ2n) is 1.80. The van der Waals surface area contributed by atoms with E-state index in [0.29, 0.717) is 5.96 Å². The molecule has 49 valence electrons. The van der Waals surface area contributed by atoms with Crippen LogP contribution in [0, 0.1) is 0 Å². The monoisotopic (exact) mass is 132 g/mol. The molecule has 0 amide bonds. The lowest BCUT2D eigenvalue weighted by Gasteiger charge is -2.25. The van der Waals surface area contributed by atoms with Crippen molar-refractivity contribution >= 4 is 29.3 Å². The highest BCUT2D eigenvalue weighted by molar-refractivity contribution is 6.47. The molecule has 5 radical (unpaired) electrons. The van der Waals surface area contributed by atoms with Crippen molar-refractivity contribution in [2.24, 2.45) is 4.99 Å². The summed E-state index contributed by atoms with van der Waals surface area (Å²) < 4.78 is 1.35. The van der Waals surface area contributed by atoms with Crippen LogP contribution in [0.3, 0.4) is 0 Å². The van der Waals surface area contributed by atoms with Gasteiger partial charge in [0, 0.05) is 7.05 Å². The minimum Gasteiger partial charge on any atom is -0.445 e. The maximum Gasteiger partial charge on any atom is 0.230 e. The highest BCUT2D eigenvalue weighted by atomic mass is 15.3. The van der Waals surface area contributed by atoms with Crippen LogP contribution >= 0.6 is 0 Å². The van der Waals surface area contributed by atoms with Crippen LogP contribution in [0.15, 0.2) is 4.99 Å². The summed E-state index contributed by atoms with van der Waals surface area (Å²) in [5.74, 6) is 0.516. The van der Waals surface area contributed by atoms with Gasteiger partial charge in [0.1, 0.15) is 0 Å². The van der Waals surface area contributed by atoms with Crippen molar-refractivity contribution in [3.8, 4) is 0 Å². The largest absolute Gasteiger partial charge is 0.445 e. The maximum atomic E-state index is 5.45. The highest BCUT2D eigenvalue weighted by Gasteiger charge is 2.03. The van der Waals surface area contributed by atoms with Gasteiger partial charge in [-0.3, -0.25) is 4.99 Å². The minimum absolute atomic E-state index is 0.516. The zero-order valence-electron chi connectivity index (χ0n) is 6.57. The molecule has 0 saturated carbocycles. The molecule has 0 aliphatic carbocycles. The van der Waals surface area contributed by atoms with E-state index < -0.39 is 0 Å². The van der Waals surface area contributed by atoms with Crippen molar-refractivity contribution < 1.29 is 0 Å². The molecule has 3 nitrogen and oxygen atoms in total. The van der Waals surface area contributed by atoms with Gasteiger partial charge in [-0.2, -0.15) is 0 Å². The van der Waals surface area contributed by atoms with Crippen LogP contribution in [0.2, 0.25) is 6.82 Å². The zero-order valence-corrected chi connectivity index (χ0v) is 6.57. The molecule has 0 spiro atoms. The predicted octanol–water partition coefficient (Wildman–Crippen LogP) is -0.960. The van der Waals surface area contributed by atoms with E-state index in [4.69, 9.17) is 16.0 Å². The fraction of sp³-hybridized carbons (Fsp3) is 0.750. The normalized spacial score (nSPS) is 10.9. The van der Waals surface area contributed by atoms with Crippen LogP contribution in [0.1, 0.15) is 0 Å². The number of hydrogen-bond acceptors (Lipinski definition) is 1. The first-order valence-corrected chi connectivity index (χ1v) is 2.92. The number of rotatable bonds is 1. The van der Waals surface area contributed by atoms with Crippen LogP contribution in [0.4, 0.5) is 0 Å². The van der Waals surface area contributed by atoms with Gasteiger partial charge in [-0.25, -0.2) is 0 Å². The zero-order chi connectivity index (χ0) is 8.15. The minimum atomic E-state index is 0.516. The van der Waals surface area contributed by atoms with Crippen molar-refractivity contribution in [2.75, 3.05) is 14.1 Å². The smallest absolute Gasteiger partial charge is 0.230 e. The molecule has 0 rings (SSSR count). The molecular formula is C4H9B3N3. The van der Waals surface area contributed by atoms with E-state index in [-0.39, 0.29) is 0 Å². The van der Waals surface area contributed by atoms with E-state index in [9.17, 15) is 0 Å². The Morgan fingerprint density at radius 1 is 1.50 bits per heavy atom.